The van der Waals surface area contributed by atoms with Crippen LogP contribution in [0.4, 0.5) is 5.82 Å². The second kappa shape index (κ2) is 6.50. The number of hydrogen-bond acceptors (Lipinski definition) is 5. The van der Waals surface area contributed by atoms with E-state index in [1.54, 1.807) is 0 Å². The van der Waals surface area contributed by atoms with Crippen LogP contribution in [0.2, 0.25) is 5.02 Å². The lowest BCUT2D eigenvalue weighted by molar-refractivity contribution is 0.122. The van der Waals surface area contributed by atoms with Gasteiger partial charge in [0.2, 0.25) is 0 Å². The van der Waals surface area contributed by atoms with Gasteiger partial charge < -0.3 is 19.6 Å². The number of fused-ring (bicyclic) bond motifs is 1. The number of hydrogen-bond donors (Lipinski definition) is 2. The second-order valence-electron chi connectivity index (χ2n) is 6.13. The summed E-state index contributed by atoms with van der Waals surface area (Å²) in [7, 11) is 0. The van der Waals surface area contributed by atoms with E-state index in [0.29, 0.717) is 36.3 Å². The number of aryl methyl sites for hydroxylation is 1. The predicted molar refractivity (Wildman–Crippen MR) is 96.5 cm³/mol. The lowest BCUT2D eigenvalue weighted by Gasteiger charge is -2.27. The smallest absolute Gasteiger partial charge is 0.252 e. The molecular formula is C17H18ClN5O2. The Morgan fingerprint density at radius 3 is 2.72 bits per heavy atom. The van der Waals surface area contributed by atoms with Gasteiger partial charge in [-0.2, -0.15) is 0 Å². The Labute approximate surface area is 149 Å². The van der Waals surface area contributed by atoms with Crippen molar-refractivity contribution in [2.75, 3.05) is 31.2 Å². The largest absolute Gasteiger partial charge is 0.378 e. The SMILES string of the molecule is Cc1cc2nc(Cc3nc(N4CCOCC4)cc(=O)[nH]3)[nH]c2cc1Cl. The number of ether oxygens (including phenoxy) is 1. The van der Waals surface area contributed by atoms with Crippen LogP contribution < -0.4 is 10.5 Å². The Morgan fingerprint density at radius 1 is 1.16 bits per heavy atom. The van der Waals surface area contributed by atoms with Gasteiger partial charge in [0.25, 0.3) is 5.56 Å². The molecule has 0 saturated carbocycles. The molecule has 1 aliphatic heterocycles. The zero-order valence-electron chi connectivity index (χ0n) is 13.8. The number of nitrogens with zero attached hydrogens (tertiary/aromatic N) is 3. The number of morpholine rings is 1. The summed E-state index contributed by atoms with van der Waals surface area (Å²) in [5.74, 6) is 1.99. The van der Waals surface area contributed by atoms with E-state index in [1.807, 2.05) is 19.1 Å². The van der Waals surface area contributed by atoms with Gasteiger partial charge >= 0.3 is 0 Å². The highest BCUT2D eigenvalue weighted by molar-refractivity contribution is 6.32. The molecule has 8 heteroatoms. The molecule has 0 radical (unpaired) electrons. The van der Waals surface area contributed by atoms with E-state index >= 15 is 0 Å². The van der Waals surface area contributed by atoms with Crippen molar-refractivity contribution in [2.45, 2.75) is 13.3 Å². The van der Waals surface area contributed by atoms with Gasteiger partial charge in [0.1, 0.15) is 17.5 Å². The van der Waals surface area contributed by atoms with E-state index in [4.69, 9.17) is 16.3 Å². The highest BCUT2D eigenvalue weighted by Gasteiger charge is 2.15. The van der Waals surface area contributed by atoms with Crippen molar-refractivity contribution >= 4 is 28.5 Å². The standard InChI is InChI=1S/C17H18ClN5O2/c1-10-6-12-13(7-11(10)18)20-14(19-12)8-15-21-16(9-17(24)22-15)23-2-4-25-5-3-23/h6-7,9H,2-5,8H2,1H3,(H,19,20)(H,21,22,24). The number of nitrogens with one attached hydrogen (secondary N) is 2. The summed E-state index contributed by atoms with van der Waals surface area (Å²) in [5.41, 5.74) is 2.54. The number of imidazole rings is 1. The summed E-state index contributed by atoms with van der Waals surface area (Å²) in [4.78, 5) is 29.3. The average Bonchev–Trinajstić information content (AvgIpc) is 2.96. The molecule has 0 aliphatic carbocycles. The first-order valence-corrected chi connectivity index (χ1v) is 8.54. The topological polar surface area (TPSA) is 86.9 Å². The van der Waals surface area contributed by atoms with Gasteiger partial charge in [-0.25, -0.2) is 9.97 Å². The Morgan fingerprint density at radius 2 is 1.92 bits per heavy atom. The molecule has 0 bridgehead atoms. The number of H-pyrrole nitrogens is 2. The molecule has 3 heterocycles. The van der Waals surface area contributed by atoms with E-state index in [-0.39, 0.29) is 5.56 Å². The van der Waals surface area contributed by atoms with Crippen LogP contribution in [-0.4, -0.2) is 46.2 Å². The zero-order chi connectivity index (χ0) is 17.4. The van der Waals surface area contributed by atoms with Crippen LogP contribution in [0.15, 0.2) is 23.0 Å². The van der Waals surface area contributed by atoms with E-state index in [2.05, 4.69) is 24.8 Å². The zero-order valence-corrected chi connectivity index (χ0v) is 14.6. The quantitative estimate of drug-likeness (QED) is 0.747. The summed E-state index contributed by atoms with van der Waals surface area (Å²) in [6.07, 6.45) is 0.415. The fourth-order valence-corrected chi connectivity index (χ4v) is 3.13. The molecule has 0 spiro atoms. The molecule has 0 unspecified atom stereocenters. The summed E-state index contributed by atoms with van der Waals surface area (Å²) in [6, 6.07) is 5.33. The molecule has 2 aromatic heterocycles. The highest BCUT2D eigenvalue weighted by Crippen LogP contribution is 2.22. The fraction of sp³-hybridized carbons (Fsp3) is 0.353. The van der Waals surface area contributed by atoms with Crippen molar-refractivity contribution in [2.24, 2.45) is 0 Å². The van der Waals surface area contributed by atoms with Gasteiger partial charge in [0, 0.05) is 24.2 Å². The van der Waals surface area contributed by atoms with Gasteiger partial charge in [0.05, 0.1) is 30.7 Å². The third-order valence-electron chi connectivity index (χ3n) is 4.26. The molecule has 1 aliphatic rings. The molecule has 1 aromatic carbocycles. The molecule has 1 fully saturated rings. The molecule has 2 N–H and O–H groups in total. The van der Waals surface area contributed by atoms with Crippen molar-refractivity contribution < 1.29 is 4.74 Å². The van der Waals surface area contributed by atoms with Crippen LogP contribution in [0.25, 0.3) is 11.0 Å². The van der Waals surface area contributed by atoms with Gasteiger partial charge in [-0.3, -0.25) is 4.79 Å². The van der Waals surface area contributed by atoms with Gasteiger partial charge in [-0.1, -0.05) is 11.6 Å². The van der Waals surface area contributed by atoms with Crippen LogP contribution in [-0.2, 0) is 11.2 Å². The summed E-state index contributed by atoms with van der Waals surface area (Å²) in [6.45, 7) is 4.71. The molecular weight excluding hydrogens is 342 g/mol. The fourth-order valence-electron chi connectivity index (χ4n) is 2.96. The number of halogens is 1. The van der Waals surface area contributed by atoms with Gasteiger partial charge in [-0.15, -0.1) is 0 Å². The average molecular weight is 360 g/mol. The lowest BCUT2D eigenvalue weighted by Crippen LogP contribution is -2.37. The number of rotatable bonds is 3. The number of aromatic nitrogens is 4. The Kier molecular flexibility index (Phi) is 4.19. The number of aromatic amines is 2. The monoisotopic (exact) mass is 359 g/mol. The van der Waals surface area contributed by atoms with E-state index in [1.165, 1.54) is 6.07 Å². The molecule has 0 atom stereocenters. The van der Waals surface area contributed by atoms with Gasteiger partial charge in [-0.05, 0) is 24.6 Å². The van der Waals surface area contributed by atoms with Crippen molar-refractivity contribution in [3.05, 3.63) is 50.8 Å². The molecule has 25 heavy (non-hydrogen) atoms. The molecule has 4 rings (SSSR count). The highest BCUT2D eigenvalue weighted by atomic mass is 35.5. The van der Waals surface area contributed by atoms with Gasteiger partial charge in [0.15, 0.2) is 0 Å². The molecule has 3 aromatic rings. The normalized spacial score (nSPS) is 15.0. The van der Waals surface area contributed by atoms with E-state index < -0.39 is 0 Å². The minimum atomic E-state index is -0.165. The third-order valence-corrected chi connectivity index (χ3v) is 4.67. The maximum absolute atomic E-state index is 12.0. The Hall–Kier alpha value is -2.38. The molecule has 7 nitrogen and oxygen atoms in total. The first-order valence-electron chi connectivity index (χ1n) is 8.16. The summed E-state index contributed by atoms with van der Waals surface area (Å²) < 4.78 is 5.35. The summed E-state index contributed by atoms with van der Waals surface area (Å²) in [5, 5.41) is 0.698. The maximum atomic E-state index is 12.0. The second-order valence-corrected chi connectivity index (χ2v) is 6.54. The first-order chi connectivity index (χ1) is 12.1. The van der Waals surface area contributed by atoms with Crippen LogP contribution in [0.5, 0.6) is 0 Å². The minimum Gasteiger partial charge on any atom is -0.378 e. The first kappa shape index (κ1) is 16.1. The Balaban J connectivity index is 1.64. The number of anilines is 1. The predicted octanol–water partition coefficient (Wildman–Crippen LogP) is 2.04. The Bertz CT molecular complexity index is 936. The molecule has 130 valence electrons. The van der Waals surface area contributed by atoms with E-state index in [9.17, 15) is 4.79 Å². The molecule has 1 saturated heterocycles. The maximum Gasteiger partial charge on any atom is 0.252 e. The van der Waals surface area contributed by atoms with Crippen LogP contribution in [0, 0.1) is 6.92 Å². The minimum absolute atomic E-state index is 0.165. The van der Waals surface area contributed by atoms with Crippen LogP contribution in [0.1, 0.15) is 17.2 Å². The molecule has 0 amide bonds. The van der Waals surface area contributed by atoms with Crippen molar-refractivity contribution in [3.63, 3.8) is 0 Å². The third kappa shape index (κ3) is 3.38. The summed E-state index contributed by atoms with van der Waals surface area (Å²) >= 11 is 6.16. The number of benzene rings is 1. The van der Waals surface area contributed by atoms with E-state index in [0.717, 1.165) is 35.5 Å². The van der Waals surface area contributed by atoms with Crippen LogP contribution in [0.3, 0.4) is 0 Å². The van der Waals surface area contributed by atoms with Crippen molar-refractivity contribution in [3.8, 4) is 0 Å². The van der Waals surface area contributed by atoms with Crippen molar-refractivity contribution in [1.82, 2.24) is 19.9 Å². The van der Waals surface area contributed by atoms with Crippen LogP contribution >= 0.6 is 11.6 Å². The lowest BCUT2D eigenvalue weighted by atomic mass is 10.2. The van der Waals surface area contributed by atoms with Crippen molar-refractivity contribution in [1.29, 1.82) is 0 Å².